The highest BCUT2D eigenvalue weighted by Gasteiger charge is 2.21. The fourth-order valence-corrected chi connectivity index (χ4v) is 2.15. The second-order valence-electron chi connectivity index (χ2n) is 4.44. The van der Waals surface area contributed by atoms with Gasteiger partial charge in [-0.05, 0) is 37.1 Å². The van der Waals surface area contributed by atoms with Gasteiger partial charge in [0.05, 0.1) is 13.7 Å². The molecule has 0 saturated heterocycles. The monoisotopic (exact) mass is 271 g/mol. The number of allylic oxidation sites excluding steroid dienone is 2. The maximum Gasteiger partial charge on any atom is 0.254 e. The molecule has 0 radical (unpaired) electrons. The Hall–Kier alpha value is -2.36. The van der Waals surface area contributed by atoms with Crippen LogP contribution in [0.4, 0.5) is 5.69 Å². The van der Waals surface area contributed by atoms with E-state index in [1.165, 1.54) is 4.90 Å². The minimum Gasteiger partial charge on any atom is -0.497 e. The number of aldehydes is 1. The van der Waals surface area contributed by atoms with Crippen molar-refractivity contribution in [2.24, 2.45) is 0 Å². The van der Waals surface area contributed by atoms with Crippen LogP contribution in [0, 0.1) is 0 Å². The normalized spacial score (nSPS) is 14.1. The van der Waals surface area contributed by atoms with Gasteiger partial charge in [-0.2, -0.15) is 0 Å². The zero-order valence-corrected chi connectivity index (χ0v) is 11.4. The van der Waals surface area contributed by atoms with Crippen LogP contribution < -0.4 is 4.90 Å². The Morgan fingerprint density at radius 3 is 2.75 bits per heavy atom. The van der Waals surface area contributed by atoms with E-state index in [9.17, 15) is 9.59 Å². The zero-order valence-electron chi connectivity index (χ0n) is 11.4. The molecule has 0 heterocycles. The fourth-order valence-electron chi connectivity index (χ4n) is 2.15. The van der Waals surface area contributed by atoms with Crippen molar-refractivity contribution < 1.29 is 14.3 Å². The van der Waals surface area contributed by atoms with E-state index in [0.29, 0.717) is 17.8 Å². The molecule has 0 aliphatic heterocycles. The Morgan fingerprint density at radius 2 is 2.10 bits per heavy atom. The fraction of sp³-hybridized carbons (Fsp3) is 0.250. The number of amides is 1. The van der Waals surface area contributed by atoms with E-state index in [0.717, 1.165) is 18.4 Å². The van der Waals surface area contributed by atoms with Crippen LogP contribution in [0.25, 0.3) is 0 Å². The van der Waals surface area contributed by atoms with E-state index in [1.807, 2.05) is 36.4 Å². The van der Waals surface area contributed by atoms with Crippen LogP contribution in [0.1, 0.15) is 12.8 Å². The molecular formula is C16H17NO3. The van der Waals surface area contributed by atoms with Gasteiger partial charge in [-0.1, -0.05) is 18.2 Å². The van der Waals surface area contributed by atoms with Crippen molar-refractivity contribution >= 4 is 17.9 Å². The summed E-state index contributed by atoms with van der Waals surface area (Å²) in [6.07, 6.45) is 5.86. The van der Waals surface area contributed by atoms with Crippen LogP contribution in [-0.4, -0.2) is 25.8 Å². The number of nitrogens with zero attached hydrogens (tertiary/aromatic N) is 1. The van der Waals surface area contributed by atoms with Crippen LogP contribution in [0.15, 0.2) is 53.8 Å². The number of carbonyl (C=O) groups excluding carboxylic acids is 2. The quantitative estimate of drug-likeness (QED) is 0.773. The van der Waals surface area contributed by atoms with Gasteiger partial charge in [0.25, 0.3) is 5.91 Å². The molecular weight excluding hydrogens is 254 g/mol. The predicted octanol–water partition coefficient (Wildman–Crippen LogP) is 2.47. The first-order valence-electron chi connectivity index (χ1n) is 6.51. The van der Waals surface area contributed by atoms with Crippen LogP contribution in [0.2, 0.25) is 0 Å². The van der Waals surface area contributed by atoms with E-state index < -0.39 is 0 Å². The predicted molar refractivity (Wildman–Crippen MR) is 77.3 cm³/mol. The van der Waals surface area contributed by atoms with Crippen molar-refractivity contribution in [2.75, 3.05) is 18.6 Å². The molecule has 1 amide bonds. The Labute approximate surface area is 118 Å². The van der Waals surface area contributed by atoms with Gasteiger partial charge in [0, 0.05) is 11.3 Å². The average Bonchev–Trinajstić information content (AvgIpc) is 2.53. The number of para-hydroxylation sites is 1. The van der Waals surface area contributed by atoms with Crippen molar-refractivity contribution in [3.8, 4) is 0 Å². The first-order valence-corrected chi connectivity index (χ1v) is 6.51. The van der Waals surface area contributed by atoms with E-state index in [-0.39, 0.29) is 12.5 Å². The largest absolute Gasteiger partial charge is 0.497 e. The highest BCUT2D eigenvalue weighted by atomic mass is 16.5. The molecule has 0 N–H and O–H groups in total. The van der Waals surface area contributed by atoms with Gasteiger partial charge in [-0.3, -0.25) is 4.79 Å². The summed E-state index contributed by atoms with van der Waals surface area (Å²) in [7, 11) is 1.58. The Balaban J connectivity index is 2.26. The highest BCUT2D eigenvalue weighted by Crippen LogP contribution is 2.22. The number of benzene rings is 1. The van der Waals surface area contributed by atoms with Gasteiger partial charge < -0.3 is 14.4 Å². The smallest absolute Gasteiger partial charge is 0.254 e. The number of carbonyl (C=O) groups is 2. The van der Waals surface area contributed by atoms with Gasteiger partial charge in [0.15, 0.2) is 0 Å². The minimum atomic E-state index is -0.147. The van der Waals surface area contributed by atoms with Crippen LogP contribution in [0.3, 0.4) is 0 Å². The lowest BCUT2D eigenvalue weighted by Gasteiger charge is -2.23. The summed E-state index contributed by atoms with van der Waals surface area (Å²) in [6.45, 7) is 0.0478. The van der Waals surface area contributed by atoms with Gasteiger partial charge in [-0.25, -0.2) is 0 Å². The van der Waals surface area contributed by atoms with Gasteiger partial charge in [-0.15, -0.1) is 0 Å². The Bertz CT molecular complexity index is 546. The maximum absolute atomic E-state index is 12.6. The molecule has 1 aromatic rings. The number of rotatable bonds is 5. The second kappa shape index (κ2) is 6.70. The molecule has 2 rings (SSSR count). The molecule has 0 fully saturated rings. The third-order valence-corrected chi connectivity index (χ3v) is 3.16. The van der Waals surface area contributed by atoms with Crippen LogP contribution >= 0.6 is 0 Å². The summed E-state index contributed by atoms with van der Waals surface area (Å²) in [6, 6.07) is 9.20. The molecule has 4 nitrogen and oxygen atoms in total. The summed E-state index contributed by atoms with van der Waals surface area (Å²) in [4.78, 5) is 24.9. The number of hydrogen-bond acceptors (Lipinski definition) is 3. The minimum absolute atomic E-state index is 0.0478. The number of ether oxygens (including phenoxy) is 1. The number of anilines is 1. The standard InChI is InChI=1S/C16H17NO3/c1-20-15-9-5-6-13(12-15)16(19)17(10-11-18)14-7-3-2-4-8-14/h2-4,7-9,11-12H,5-6,10H2,1H3. The average molecular weight is 271 g/mol. The van der Waals surface area contributed by atoms with E-state index >= 15 is 0 Å². The first kappa shape index (κ1) is 14.1. The summed E-state index contributed by atoms with van der Waals surface area (Å²) in [5.74, 6) is 0.546. The lowest BCUT2D eigenvalue weighted by molar-refractivity contribution is -0.116. The number of methoxy groups -OCH3 is 1. The summed E-state index contributed by atoms with van der Waals surface area (Å²) < 4.78 is 5.16. The van der Waals surface area contributed by atoms with Crippen molar-refractivity contribution in [1.82, 2.24) is 0 Å². The molecule has 0 unspecified atom stereocenters. The topological polar surface area (TPSA) is 46.6 Å². The van der Waals surface area contributed by atoms with Gasteiger partial charge in [0.2, 0.25) is 0 Å². The second-order valence-corrected chi connectivity index (χ2v) is 4.44. The van der Waals surface area contributed by atoms with E-state index in [4.69, 9.17) is 4.74 Å². The van der Waals surface area contributed by atoms with Crippen LogP contribution in [-0.2, 0) is 14.3 Å². The third kappa shape index (κ3) is 3.15. The van der Waals surface area contributed by atoms with Crippen molar-refractivity contribution in [3.63, 3.8) is 0 Å². The molecule has 0 atom stereocenters. The van der Waals surface area contributed by atoms with Crippen molar-refractivity contribution in [3.05, 3.63) is 53.8 Å². The lowest BCUT2D eigenvalue weighted by atomic mass is 10.0. The zero-order chi connectivity index (χ0) is 14.4. The molecule has 0 aromatic heterocycles. The van der Waals surface area contributed by atoms with Crippen molar-refractivity contribution in [2.45, 2.75) is 12.8 Å². The lowest BCUT2D eigenvalue weighted by Crippen LogP contribution is -2.34. The molecule has 1 aromatic carbocycles. The van der Waals surface area contributed by atoms with Gasteiger partial charge >= 0.3 is 0 Å². The third-order valence-electron chi connectivity index (χ3n) is 3.16. The Morgan fingerprint density at radius 1 is 1.35 bits per heavy atom. The van der Waals surface area contributed by atoms with Gasteiger partial charge in [0.1, 0.15) is 12.0 Å². The summed E-state index contributed by atoms with van der Waals surface area (Å²) >= 11 is 0. The van der Waals surface area contributed by atoms with E-state index in [1.54, 1.807) is 13.2 Å². The summed E-state index contributed by atoms with van der Waals surface area (Å²) in [5.41, 5.74) is 1.38. The molecule has 20 heavy (non-hydrogen) atoms. The van der Waals surface area contributed by atoms with E-state index in [2.05, 4.69) is 0 Å². The molecule has 0 bridgehead atoms. The molecule has 4 heteroatoms. The van der Waals surface area contributed by atoms with Crippen molar-refractivity contribution in [1.29, 1.82) is 0 Å². The molecule has 1 aliphatic rings. The first-order chi connectivity index (χ1) is 9.76. The molecule has 0 saturated carbocycles. The molecule has 104 valence electrons. The highest BCUT2D eigenvalue weighted by molar-refractivity contribution is 6.07. The SMILES string of the molecule is COC1=CCCC(C(=O)N(CC=O)c2ccccc2)=C1. The maximum atomic E-state index is 12.6. The Kier molecular flexibility index (Phi) is 4.71. The summed E-state index contributed by atoms with van der Waals surface area (Å²) in [5, 5.41) is 0. The van der Waals surface area contributed by atoms with Crippen LogP contribution in [0.5, 0.6) is 0 Å². The number of hydrogen-bond donors (Lipinski definition) is 0. The molecule has 0 spiro atoms. The molecule has 1 aliphatic carbocycles.